The maximum Gasteiger partial charge on any atom is 0.410 e. The number of hydrogen-bond acceptors (Lipinski definition) is 4. The molecule has 1 heterocycles. The van der Waals surface area contributed by atoms with E-state index in [2.05, 4.69) is 33.9 Å². The smallest absolute Gasteiger partial charge is 0.410 e. The number of nitrogens with zero attached hydrogens (tertiary/aromatic N) is 1. The van der Waals surface area contributed by atoms with Crippen molar-refractivity contribution in [2.75, 3.05) is 13.1 Å². The number of amides is 1. The Morgan fingerprint density at radius 3 is 2.12 bits per heavy atom. The summed E-state index contributed by atoms with van der Waals surface area (Å²) in [7, 11) is -1.87. The zero-order chi connectivity index (χ0) is 20.0. The number of Topliss-reactive ketones (excluding diaryl/α,β-unsaturated/α-hetero) is 1. The maximum absolute atomic E-state index is 12.8. The van der Waals surface area contributed by atoms with Gasteiger partial charge in [-0.15, -0.1) is 0 Å². The molecular weight excluding hydrogens is 346 g/mol. The first-order chi connectivity index (χ1) is 11.7. The molecule has 1 aliphatic heterocycles. The number of likely N-dealkylation sites (tertiary alicyclic amines) is 1. The van der Waals surface area contributed by atoms with Gasteiger partial charge in [-0.1, -0.05) is 20.8 Å². The molecule has 1 saturated carbocycles. The van der Waals surface area contributed by atoms with Gasteiger partial charge in [-0.05, 0) is 58.2 Å². The Bertz CT molecular complexity index is 551. The summed E-state index contributed by atoms with van der Waals surface area (Å²) < 4.78 is 12.0. The number of rotatable bonds is 2. The van der Waals surface area contributed by atoms with Crippen LogP contribution in [0.1, 0.15) is 67.2 Å². The fraction of sp³-hybridized carbons (Fsp3) is 0.900. The number of piperidine rings is 1. The third kappa shape index (κ3) is 4.69. The third-order valence-corrected chi connectivity index (χ3v) is 10.8. The topological polar surface area (TPSA) is 55.8 Å². The lowest BCUT2D eigenvalue weighted by Gasteiger charge is -2.40. The summed E-state index contributed by atoms with van der Waals surface area (Å²) in [6.45, 7) is 18.0. The summed E-state index contributed by atoms with van der Waals surface area (Å²) in [6, 6.07) is 0. The SMILES string of the molecule is CC(C)(C)OC(=O)N1CCC2(CC1)C[C@@H](O[Si](C)(C)C(C)(C)C)CC2=O. The Labute approximate surface area is 159 Å². The molecule has 2 fully saturated rings. The van der Waals surface area contributed by atoms with Crippen LogP contribution in [0.25, 0.3) is 0 Å². The van der Waals surface area contributed by atoms with Gasteiger partial charge >= 0.3 is 6.09 Å². The Morgan fingerprint density at radius 1 is 1.12 bits per heavy atom. The molecule has 0 aromatic heterocycles. The van der Waals surface area contributed by atoms with Crippen LogP contribution in [0.3, 0.4) is 0 Å². The van der Waals surface area contributed by atoms with E-state index in [4.69, 9.17) is 9.16 Å². The molecule has 1 aliphatic carbocycles. The Hall–Kier alpha value is -0.883. The standard InChI is InChI=1S/C20H37NO4Si/c1-18(2,3)24-17(23)21-11-9-20(10-12-21)14-15(13-16(20)22)25-26(7,8)19(4,5)6/h15H,9-14H2,1-8H3/t15-/m0/s1. The molecular formula is C20H37NO4Si. The van der Waals surface area contributed by atoms with Crippen LogP contribution < -0.4 is 0 Å². The highest BCUT2D eigenvalue weighted by Crippen LogP contribution is 2.47. The zero-order valence-corrected chi connectivity index (χ0v) is 18.9. The second-order valence-corrected chi connectivity index (χ2v) is 15.3. The monoisotopic (exact) mass is 383 g/mol. The van der Waals surface area contributed by atoms with Gasteiger partial charge in [0.1, 0.15) is 11.4 Å². The van der Waals surface area contributed by atoms with Gasteiger partial charge in [0, 0.05) is 24.9 Å². The predicted octanol–water partition coefficient (Wildman–Crippen LogP) is 4.76. The largest absolute Gasteiger partial charge is 0.444 e. The van der Waals surface area contributed by atoms with Gasteiger partial charge in [-0.25, -0.2) is 4.79 Å². The number of carbonyl (C=O) groups is 2. The predicted molar refractivity (Wildman–Crippen MR) is 106 cm³/mol. The van der Waals surface area contributed by atoms with Crippen LogP contribution in [0.2, 0.25) is 18.1 Å². The van der Waals surface area contributed by atoms with Crippen molar-refractivity contribution in [2.45, 2.75) is 97.1 Å². The van der Waals surface area contributed by atoms with E-state index in [9.17, 15) is 9.59 Å². The van der Waals surface area contributed by atoms with Crippen molar-refractivity contribution in [1.82, 2.24) is 4.90 Å². The van der Waals surface area contributed by atoms with Crippen LogP contribution in [-0.4, -0.2) is 49.9 Å². The summed E-state index contributed by atoms with van der Waals surface area (Å²) in [5, 5.41) is 0.145. The van der Waals surface area contributed by atoms with Crippen molar-refractivity contribution >= 4 is 20.2 Å². The second-order valence-electron chi connectivity index (χ2n) is 10.6. The molecule has 150 valence electrons. The first-order valence-electron chi connectivity index (χ1n) is 9.84. The van der Waals surface area contributed by atoms with Crippen molar-refractivity contribution in [3.8, 4) is 0 Å². The Morgan fingerprint density at radius 2 is 1.65 bits per heavy atom. The number of hydrogen-bond donors (Lipinski definition) is 0. The van der Waals surface area contributed by atoms with Gasteiger partial charge < -0.3 is 14.1 Å². The highest BCUT2D eigenvalue weighted by molar-refractivity contribution is 6.74. The minimum atomic E-state index is -1.87. The van der Waals surface area contributed by atoms with Crippen LogP contribution in [-0.2, 0) is 14.0 Å². The summed E-state index contributed by atoms with van der Waals surface area (Å²) in [6.07, 6.45) is 2.55. The summed E-state index contributed by atoms with van der Waals surface area (Å²) >= 11 is 0. The van der Waals surface area contributed by atoms with E-state index in [1.807, 2.05) is 20.8 Å². The van der Waals surface area contributed by atoms with Crippen LogP contribution in [0.15, 0.2) is 0 Å². The average molecular weight is 384 g/mol. The number of ether oxygens (including phenoxy) is 1. The first-order valence-corrected chi connectivity index (χ1v) is 12.8. The molecule has 0 bridgehead atoms. The fourth-order valence-corrected chi connectivity index (χ4v) is 5.00. The molecule has 0 unspecified atom stereocenters. The lowest BCUT2D eigenvalue weighted by Crippen LogP contribution is -2.47. The van der Waals surface area contributed by atoms with Crippen molar-refractivity contribution in [1.29, 1.82) is 0 Å². The van der Waals surface area contributed by atoms with E-state index >= 15 is 0 Å². The van der Waals surface area contributed by atoms with Crippen molar-refractivity contribution in [2.24, 2.45) is 5.41 Å². The lowest BCUT2D eigenvalue weighted by atomic mass is 9.76. The van der Waals surface area contributed by atoms with E-state index in [-0.39, 0.29) is 22.7 Å². The van der Waals surface area contributed by atoms with Crippen LogP contribution in [0.4, 0.5) is 4.79 Å². The third-order valence-electron chi connectivity index (χ3n) is 6.26. The number of ketones is 1. The second kappa shape index (κ2) is 6.93. The molecule has 5 nitrogen and oxygen atoms in total. The molecule has 0 aromatic rings. The van der Waals surface area contributed by atoms with Gasteiger partial charge in [-0.3, -0.25) is 4.79 Å². The quantitative estimate of drug-likeness (QED) is 0.645. The fourth-order valence-electron chi connectivity index (χ4n) is 3.65. The van der Waals surface area contributed by atoms with E-state index in [1.54, 1.807) is 4.90 Å². The molecule has 6 heteroatoms. The summed E-state index contributed by atoms with van der Waals surface area (Å²) in [5.41, 5.74) is -0.789. The van der Waals surface area contributed by atoms with E-state index in [1.165, 1.54) is 0 Å². The first kappa shape index (κ1) is 21.4. The normalized spacial score (nSPS) is 24.2. The maximum atomic E-state index is 12.8. The van der Waals surface area contributed by atoms with Gasteiger partial charge in [-0.2, -0.15) is 0 Å². The molecule has 2 aliphatic rings. The van der Waals surface area contributed by atoms with E-state index < -0.39 is 13.9 Å². The molecule has 0 N–H and O–H groups in total. The lowest BCUT2D eigenvalue weighted by molar-refractivity contribution is -0.128. The molecule has 2 rings (SSSR count). The number of carbonyl (C=O) groups excluding carboxylic acids is 2. The van der Waals surface area contributed by atoms with Crippen LogP contribution >= 0.6 is 0 Å². The van der Waals surface area contributed by atoms with Crippen molar-refractivity contribution in [3.05, 3.63) is 0 Å². The Kier molecular flexibility index (Phi) is 5.71. The summed E-state index contributed by atoms with van der Waals surface area (Å²) in [4.78, 5) is 26.8. The minimum absolute atomic E-state index is 0.0384. The average Bonchev–Trinajstić information content (AvgIpc) is 2.71. The van der Waals surface area contributed by atoms with Gasteiger partial charge in [0.2, 0.25) is 0 Å². The van der Waals surface area contributed by atoms with Gasteiger partial charge in [0.25, 0.3) is 0 Å². The highest BCUT2D eigenvalue weighted by atomic mass is 28.4. The zero-order valence-electron chi connectivity index (χ0n) is 17.9. The van der Waals surface area contributed by atoms with E-state index in [0.29, 0.717) is 25.3 Å². The summed E-state index contributed by atoms with van der Waals surface area (Å²) in [5.74, 6) is 0.324. The molecule has 1 atom stereocenters. The molecule has 1 saturated heterocycles. The van der Waals surface area contributed by atoms with Gasteiger partial charge in [0.15, 0.2) is 8.32 Å². The Balaban J connectivity index is 1.96. The van der Waals surface area contributed by atoms with Crippen LogP contribution in [0.5, 0.6) is 0 Å². The van der Waals surface area contributed by atoms with E-state index in [0.717, 1.165) is 19.3 Å². The minimum Gasteiger partial charge on any atom is -0.444 e. The molecule has 1 spiro atoms. The van der Waals surface area contributed by atoms with Gasteiger partial charge in [0.05, 0.1) is 6.10 Å². The van der Waals surface area contributed by atoms with Crippen LogP contribution in [0, 0.1) is 5.41 Å². The van der Waals surface area contributed by atoms with Crippen molar-refractivity contribution < 1.29 is 18.8 Å². The molecule has 26 heavy (non-hydrogen) atoms. The molecule has 1 amide bonds. The van der Waals surface area contributed by atoms with Crippen molar-refractivity contribution in [3.63, 3.8) is 0 Å². The molecule has 0 radical (unpaired) electrons. The molecule has 0 aromatic carbocycles. The highest BCUT2D eigenvalue weighted by Gasteiger charge is 2.51.